The number of nitrogens with one attached hydrogen (secondary N) is 2. The van der Waals surface area contributed by atoms with Gasteiger partial charge in [0.2, 0.25) is 5.91 Å². The van der Waals surface area contributed by atoms with E-state index in [-0.39, 0.29) is 5.91 Å². The molecule has 0 saturated carbocycles. The van der Waals surface area contributed by atoms with Gasteiger partial charge in [-0.25, -0.2) is 4.98 Å². The fraction of sp³-hybridized carbons (Fsp3) is 0.143. The van der Waals surface area contributed by atoms with Gasteiger partial charge >= 0.3 is 0 Å². The lowest BCUT2D eigenvalue weighted by molar-refractivity contribution is -0.117. The molecule has 0 aliphatic rings. The topological polar surface area (TPSA) is 54.0 Å². The van der Waals surface area contributed by atoms with Gasteiger partial charge in [0.15, 0.2) is 0 Å². The molecule has 0 bridgehead atoms. The van der Waals surface area contributed by atoms with Crippen LogP contribution in [-0.4, -0.2) is 15.3 Å². The molecule has 0 spiro atoms. The third-order valence-corrected chi connectivity index (χ3v) is 1.81. The second-order valence-electron chi connectivity index (χ2n) is 2.02. The molecule has 1 rings (SSSR count). The van der Waals surface area contributed by atoms with Crippen LogP contribution in [0, 0.1) is 0 Å². The lowest BCUT2D eigenvalue weighted by Gasteiger charge is -2.04. The van der Waals surface area contributed by atoms with E-state index in [9.17, 15) is 4.79 Å². The monoisotopic (exact) mass is 277 g/mol. The van der Waals surface area contributed by atoms with Gasteiger partial charge in [-0.1, -0.05) is 28.7 Å². The molecule has 1 aromatic heterocycles. The zero-order valence-corrected chi connectivity index (χ0v) is 8.41. The summed E-state index contributed by atoms with van der Waals surface area (Å²) in [5.41, 5.74) is 5.17. The van der Waals surface area contributed by atoms with Gasteiger partial charge < -0.3 is 0 Å². The first-order chi connectivity index (χ1) is 5.83. The van der Waals surface area contributed by atoms with Crippen LogP contribution in [0.3, 0.4) is 0 Å². The van der Waals surface area contributed by atoms with E-state index in [4.69, 9.17) is 0 Å². The number of rotatable bonds is 3. The molecule has 0 unspecified atom stereocenters. The van der Waals surface area contributed by atoms with Crippen LogP contribution in [-0.2, 0) is 4.79 Å². The zero-order valence-electron chi connectivity index (χ0n) is 6.25. The van der Waals surface area contributed by atoms with E-state index < -0.39 is 0 Å². The number of aromatic nitrogens is 1. The van der Waals surface area contributed by atoms with E-state index >= 15 is 0 Å². The smallest absolute Gasteiger partial charge is 0.248 e. The molecular weight excluding hydrogens is 269 g/mol. The summed E-state index contributed by atoms with van der Waals surface area (Å²) in [6, 6.07) is 5.42. The van der Waals surface area contributed by atoms with Crippen LogP contribution in [0.2, 0.25) is 0 Å². The molecular formula is C7H8IN3O. The third-order valence-electron chi connectivity index (χ3n) is 1.12. The molecule has 1 heterocycles. The van der Waals surface area contributed by atoms with Gasteiger partial charge in [0.05, 0.1) is 4.43 Å². The Balaban J connectivity index is 2.38. The number of halogens is 1. The molecule has 0 saturated heterocycles. The van der Waals surface area contributed by atoms with Crippen LogP contribution in [0.25, 0.3) is 0 Å². The lowest BCUT2D eigenvalue weighted by atomic mass is 10.5. The fourth-order valence-corrected chi connectivity index (χ4v) is 0.795. The SMILES string of the molecule is O=C(CI)NNc1ccccn1. The van der Waals surface area contributed by atoms with Crippen molar-refractivity contribution >= 4 is 34.3 Å². The van der Waals surface area contributed by atoms with Crippen LogP contribution < -0.4 is 10.9 Å². The maximum Gasteiger partial charge on any atom is 0.248 e. The first-order valence-electron chi connectivity index (χ1n) is 3.35. The van der Waals surface area contributed by atoms with Crippen LogP contribution in [0.4, 0.5) is 5.82 Å². The number of hydrogen-bond acceptors (Lipinski definition) is 3. The number of hydrazine groups is 1. The van der Waals surface area contributed by atoms with Gasteiger partial charge in [-0.05, 0) is 12.1 Å². The molecule has 64 valence electrons. The summed E-state index contributed by atoms with van der Waals surface area (Å²) < 4.78 is 0.428. The standard InChI is InChI=1S/C7H8IN3O/c8-5-7(12)11-10-6-3-1-2-4-9-6/h1-4H,5H2,(H,9,10)(H,11,12). The Morgan fingerprint density at radius 1 is 1.58 bits per heavy atom. The van der Waals surface area contributed by atoms with Crippen molar-refractivity contribution in [3.8, 4) is 0 Å². The summed E-state index contributed by atoms with van der Waals surface area (Å²) in [6.45, 7) is 0. The third kappa shape index (κ3) is 3.04. The molecule has 0 aliphatic heterocycles. The van der Waals surface area contributed by atoms with E-state index in [1.54, 1.807) is 12.3 Å². The number of hydrogen-bond donors (Lipinski definition) is 2. The van der Waals surface area contributed by atoms with Crippen molar-refractivity contribution < 1.29 is 4.79 Å². The summed E-state index contributed by atoms with van der Waals surface area (Å²) in [4.78, 5) is 14.7. The Hall–Kier alpha value is -0.850. The average Bonchev–Trinajstić information content (AvgIpc) is 2.16. The van der Waals surface area contributed by atoms with Crippen LogP contribution in [0.15, 0.2) is 24.4 Å². The van der Waals surface area contributed by atoms with Gasteiger partial charge in [0, 0.05) is 6.20 Å². The number of carbonyl (C=O) groups is 1. The van der Waals surface area contributed by atoms with Crippen molar-refractivity contribution in [3.05, 3.63) is 24.4 Å². The van der Waals surface area contributed by atoms with Gasteiger partial charge in [-0.15, -0.1) is 0 Å². The van der Waals surface area contributed by atoms with Crippen molar-refractivity contribution in [2.45, 2.75) is 0 Å². The maximum atomic E-state index is 10.8. The highest BCUT2D eigenvalue weighted by Crippen LogP contribution is 1.96. The zero-order chi connectivity index (χ0) is 8.81. The molecule has 2 N–H and O–H groups in total. The van der Waals surface area contributed by atoms with E-state index in [1.165, 1.54) is 0 Å². The highest BCUT2D eigenvalue weighted by Gasteiger charge is 1.95. The van der Waals surface area contributed by atoms with Crippen molar-refractivity contribution in [2.24, 2.45) is 0 Å². The molecule has 0 aromatic carbocycles. The Bertz CT molecular complexity index is 252. The van der Waals surface area contributed by atoms with Crippen molar-refractivity contribution in [2.75, 3.05) is 9.85 Å². The number of nitrogens with zero attached hydrogens (tertiary/aromatic N) is 1. The second-order valence-corrected chi connectivity index (χ2v) is 2.78. The van der Waals surface area contributed by atoms with Gasteiger partial charge in [0.1, 0.15) is 5.82 Å². The first kappa shape index (κ1) is 9.24. The number of alkyl halides is 1. The van der Waals surface area contributed by atoms with Crippen molar-refractivity contribution in [1.82, 2.24) is 10.4 Å². The van der Waals surface area contributed by atoms with Crippen molar-refractivity contribution in [3.63, 3.8) is 0 Å². The number of amides is 1. The minimum atomic E-state index is -0.0683. The van der Waals surface area contributed by atoms with Gasteiger partial charge in [-0.3, -0.25) is 15.6 Å². The summed E-state index contributed by atoms with van der Waals surface area (Å²) in [5.74, 6) is 0.567. The minimum absolute atomic E-state index is 0.0683. The quantitative estimate of drug-likeness (QED) is 0.491. The molecule has 12 heavy (non-hydrogen) atoms. The highest BCUT2D eigenvalue weighted by atomic mass is 127. The maximum absolute atomic E-state index is 10.8. The molecule has 1 aromatic rings. The van der Waals surface area contributed by atoms with E-state index in [0.717, 1.165) is 0 Å². The summed E-state index contributed by atoms with van der Waals surface area (Å²) in [6.07, 6.45) is 1.65. The molecule has 1 amide bonds. The van der Waals surface area contributed by atoms with Crippen LogP contribution in [0.5, 0.6) is 0 Å². The van der Waals surface area contributed by atoms with Gasteiger partial charge in [-0.2, -0.15) is 0 Å². The predicted octanol–water partition coefficient (Wildman–Crippen LogP) is 0.960. The summed E-state index contributed by atoms with van der Waals surface area (Å²) >= 11 is 1.98. The Morgan fingerprint density at radius 2 is 2.42 bits per heavy atom. The number of carbonyl (C=O) groups excluding carboxylic acids is 1. The van der Waals surface area contributed by atoms with E-state index in [2.05, 4.69) is 15.8 Å². The van der Waals surface area contributed by atoms with Crippen molar-refractivity contribution in [1.29, 1.82) is 0 Å². The molecule has 0 radical (unpaired) electrons. The molecule has 0 fully saturated rings. The van der Waals surface area contributed by atoms with E-state index in [0.29, 0.717) is 10.2 Å². The number of anilines is 1. The fourth-order valence-electron chi connectivity index (χ4n) is 0.604. The lowest BCUT2D eigenvalue weighted by Crippen LogP contribution is -2.30. The highest BCUT2D eigenvalue weighted by molar-refractivity contribution is 14.1. The van der Waals surface area contributed by atoms with Crippen LogP contribution in [0.1, 0.15) is 0 Å². The average molecular weight is 277 g/mol. The normalized spacial score (nSPS) is 9.08. The molecule has 0 aliphatic carbocycles. The molecule has 5 heteroatoms. The molecule has 0 atom stereocenters. The minimum Gasteiger partial charge on any atom is -0.282 e. The Kier molecular flexibility index (Phi) is 3.78. The largest absolute Gasteiger partial charge is 0.282 e. The Labute approximate surface area is 83.9 Å². The summed E-state index contributed by atoms with van der Waals surface area (Å²) in [7, 11) is 0. The second kappa shape index (κ2) is 4.91. The predicted molar refractivity (Wildman–Crippen MR) is 54.9 cm³/mol. The first-order valence-corrected chi connectivity index (χ1v) is 4.87. The summed E-state index contributed by atoms with van der Waals surface area (Å²) in [5, 5.41) is 0. The van der Waals surface area contributed by atoms with Crippen LogP contribution >= 0.6 is 22.6 Å². The van der Waals surface area contributed by atoms with Gasteiger partial charge in [0.25, 0.3) is 0 Å². The Morgan fingerprint density at radius 3 is 3.00 bits per heavy atom. The van der Waals surface area contributed by atoms with E-state index in [1.807, 2.05) is 34.7 Å². The number of pyridine rings is 1. The molecule has 4 nitrogen and oxygen atoms in total.